The third kappa shape index (κ3) is 4.11. The number of hydrogen-bond acceptors (Lipinski definition) is 9. The van der Waals surface area contributed by atoms with E-state index in [4.69, 9.17) is 18.9 Å². The standard InChI is InChI=1S/C29H37NO8/c1-16-7-8-18-15-20-29(34)12-11-19(25-28(29,13-14-30(20)6)23(18)24(16)37-25)36-26(33)17(2)35-21(31)9-10-22(32)38-27(3,4)5/h7-8,11,17,20,25,34H,9-10,12-15H2,1-6H3/t17-,20+,25-,28-,29+/m0/s1. The number of nitrogens with zero attached hydrogens (tertiary/aromatic N) is 1. The summed E-state index contributed by atoms with van der Waals surface area (Å²) in [6, 6.07) is 4.08. The highest BCUT2D eigenvalue weighted by Crippen LogP contribution is 2.64. The van der Waals surface area contributed by atoms with Gasteiger partial charge in [0.05, 0.1) is 23.9 Å². The van der Waals surface area contributed by atoms with Gasteiger partial charge in [0.2, 0.25) is 0 Å². The zero-order valence-electron chi connectivity index (χ0n) is 23.0. The maximum absolute atomic E-state index is 13.0. The van der Waals surface area contributed by atoms with Crippen molar-refractivity contribution in [2.45, 2.75) is 102 Å². The number of aliphatic hydroxyl groups is 1. The third-order valence-electron chi connectivity index (χ3n) is 8.38. The van der Waals surface area contributed by atoms with Gasteiger partial charge in [-0.2, -0.15) is 0 Å². The molecule has 0 aromatic heterocycles. The van der Waals surface area contributed by atoms with Gasteiger partial charge in [-0.1, -0.05) is 12.1 Å². The number of aryl methyl sites for hydroxylation is 1. The summed E-state index contributed by atoms with van der Waals surface area (Å²) < 4.78 is 22.8. The molecule has 1 aromatic carbocycles. The molecule has 206 valence electrons. The maximum atomic E-state index is 13.0. The molecule has 5 rings (SSSR count). The van der Waals surface area contributed by atoms with Crippen LogP contribution < -0.4 is 4.74 Å². The Kier molecular flexibility index (Phi) is 6.38. The molecule has 1 spiro atoms. The Bertz CT molecular complexity index is 1220. The summed E-state index contributed by atoms with van der Waals surface area (Å²) in [5, 5.41) is 12.2. The molecule has 2 heterocycles. The molecule has 1 saturated heterocycles. The smallest absolute Gasteiger partial charge is 0.352 e. The molecule has 1 N–H and O–H groups in total. The highest BCUT2D eigenvalue weighted by molar-refractivity contribution is 5.82. The van der Waals surface area contributed by atoms with Crippen LogP contribution in [0.2, 0.25) is 0 Å². The average Bonchev–Trinajstić information content (AvgIpc) is 3.18. The summed E-state index contributed by atoms with van der Waals surface area (Å²) in [4.78, 5) is 39.4. The van der Waals surface area contributed by atoms with Gasteiger partial charge in [0.25, 0.3) is 0 Å². The number of ether oxygens (including phenoxy) is 4. The molecular weight excluding hydrogens is 490 g/mol. The number of likely N-dealkylation sites (tertiary alicyclic amines) is 1. The molecule has 2 aliphatic carbocycles. The minimum Gasteiger partial charge on any atom is -0.481 e. The van der Waals surface area contributed by atoms with Gasteiger partial charge < -0.3 is 29.0 Å². The number of likely N-dealkylation sites (N-methyl/N-ethyl adjacent to an activating group) is 1. The summed E-state index contributed by atoms with van der Waals surface area (Å²) in [5.74, 6) is -0.843. The second-order valence-corrected chi connectivity index (χ2v) is 12.0. The minimum absolute atomic E-state index is 0.0816. The van der Waals surface area contributed by atoms with E-state index in [1.165, 1.54) is 6.92 Å². The maximum Gasteiger partial charge on any atom is 0.352 e. The Morgan fingerprint density at radius 2 is 1.92 bits per heavy atom. The molecule has 5 atom stereocenters. The van der Waals surface area contributed by atoms with Crippen molar-refractivity contribution in [1.29, 1.82) is 0 Å². The van der Waals surface area contributed by atoms with E-state index >= 15 is 0 Å². The van der Waals surface area contributed by atoms with Crippen LogP contribution in [0.4, 0.5) is 0 Å². The Labute approximate surface area is 223 Å². The lowest BCUT2D eigenvalue weighted by Gasteiger charge is -2.61. The normalized spacial score (nSPS) is 29.9. The number of rotatable bonds is 6. The van der Waals surface area contributed by atoms with Crippen LogP contribution in [0.15, 0.2) is 24.0 Å². The first kappa shape index (κ1) is 26.7. The van der Waals surface area contributed by atoms with Gasteiger partial charge in [-0.25, -0.2) is 4.79 Å². The van der Waals surface area contributed by atoms with Gasteiger partial charge in [-0.05, 0) is 78.3 Å². The van der Waals surface area contributed by atoms with Crippen molar-refractivity contribution in [3.05, 3.63) is 40.7 Å². The molecule has 4 aliphatic rings. The molecule has 0 saturated carbocycles. The first-order valence-corrected chi connectivity index (χ1v) is 13.3. The van der Waals surface area contributed by atoms with Crippen LogP contribution >= 0.6 is 0 Å². The molecular formula is C29H37NO8. The number of piperidine rings is 1. The average molecular weight is 528 g/mol. The number of carbonyl (C=O) groups excluding carboxylic acids is 3. The Morgan fingerprint density at radius 1 is 1.21 bits per heavy atom. The van der Waals surface area contributed by atoms with E-state index in [9.17, 15) is 19.5 Å². The lowest BCUT2D eigenvalue weighted by Crippen LogP contribution is -2.74. The fraction of sp³-hybridized carbons (Fsp3) is 0.621. The molecule has 38 heavy (non-hydrogen) atoms. The van der Waals surface area contributed by atoms with Crippen molar-refractivity contribution >= 4 is 17.9 Å². The quantitative estimate of drug-likeness (QED) is 0.441. The summed E-state index contributed by atoms with van der Waals surface area (Å²) in [5.41, 5.74) is 0.741. The fourth-order valence-corrected chi connectivity index (χ4v) is 6.69. The lowest BCUT2D eigenvalue weighted by atomic mass is 9.50. The van der Waals surface area contributed by atoms with Crippen LogP contribution in [-0.4, -0.2) is 71.0 Å². The van der Waals surface area contributed by atoms with Crippen LogP contribution in [0.25, 0.3) is 0 Å². The van der Waals surface area contributed by atoms with E-state index in [1.54, 1.807) is 26.8 Å². The van der Waals surface area contributed by atoms with Crippen LogP contribution in [0.3, 0.4) is 0 Å². The second-order valence-electron chi connectivity index (χ2n) is 12.0. The van der Waals surface area contributed by atoms with E-state index in [2.05, 4.69) is 11.0 Å². The minimum atomic E-state index is -1.18. The van der Waals surface area contributed by atoms with Gasteiger partial charge in [0.15, 0.2) is 12.2 Å². The number of carbonyl (C=O) groups is 3. The molecule has 0 unspecified atom stereocenters. The Balaban J connectivity index is 1.32. The first-order valence-electron chi connectivity index (χ1n) is 13.3. The van der Waals surface area contributed by atoms with Gasteiger partial charge >= 0.3 is 17.9 Å². The predicted octanol–water partition coefficient (Wildman–Crippen LogP) is 2.87. The van der Waals surface area contributed by atoms with E-state index < -0.39 is 46.7 Å². The van der Waals surface area contributed by atoms with Gasteiger partial charge in [-0.3, -0.25) is 9.59 Å². The highest BCUT2D eigenvalue weighted by atomic mass is 16.6. The van der Waals surface area contributed by atoms with Crippen molar-refractivity contribution in [2.75, 3.05) is 13.6 Å². The Morgan fingerprint density at radius 3 is 2.63 bits per heavy atom. The molecule has 2 aliphatic heterocycles. The Hall–Kier alpha value is -2.91. The van der Waals surface area contributed by atoms with Crippen molar-refractivity contribution in [1.82, 2.24) is 4.90 Å². The van der Waals surface area contributed by atoms with Gasteiger partial charge in [0.1, 0.15) is 17.1 Å². The number of esters is 3. The van der Waals surface area contributed by atoms with Crippen LogP contribution in [0.5, 0.6) is 5.75 Å². The van der Waals surface area contributed by atoms with Crippen LogP contribution in [0.1, 0.15) is 70.1 Å². The summed E-state index contributed by atoms with van der Waals surface area (Å²) in [6.45, 7) is 9.44. The molecule has 9 nitrogen and oxygen atoms in total. The monoisotopic (exact) mass is 527 g/mol. The summed E-state index contributed by atoms with van der Waals surface area (Å²) >= 11 is 0. The topological polar surface area (TPSA) is 112 Å². The summed E-state index contributed by atoms with van der Waals surface area (Å²) in [7, 11) is 2.04. The molecule has 2 bridgehead atoms. The van der Waals surface area contributed by atoms with Crippen LogP contribution in [-0.2, 0) is 40.4 Å². The number of benzene rings is 1. The van der Waals surface area contributed by atoms with E-state index in [1.807, 2.05) is 20.0 Å². The van der Waals surface area contributed by atoms with Crippen molar-refractivity contribution in [2.24, 2.45) is 0 Å². The SMILES string of the molecule is Cc1ccc2c3c1O[C@H]1C(OC(=O)[C@H](C)OC(=O)CCC(=O)OC(C)(C)C)=CC[C@@]4(O)[C@@H](C2)N(C)CC[C@]314. The zero-order chi connectivity index (χ0) is 27.6. The van der Waals surface area contributed by atoms with E-state index in [0.29, 0.717) is 18.6 Å². The molecule has 0 amide bonds. The largest absolute Gasteiger partial charge is 0.481 e. The highest BCUT2D eigenvalue weighted by Gasteiger charge is 2.71. The van der Waals surface area contributed by atoms with Crippen molar-refractivity contribution < 1.29 is 38.4 Å². The van der Waals surface area contributed by atoms with Gasteiger partial charge in [-0.15, -0.1) is 0 Å². The van der Waals surface area contributed by atoms with E-state index in [-0.39, 0.29) is 18.9 Å². The molecule has 1 fully saturated rings. The third-order valence-corrected chi connectivity index (χ3v) is 8.38. The summed E-state index contributed by atoms with van der Waals surface area (Å²) in [6.07, 6.45) is 1.27. The molecule has 1 aromatic rings. The van der Waals surface area contributed by atoms with E-state index in [0.717, 1.165) is 35.4 Å². The predicted molar refractivity (Wildman–Crippen MR) is 136 cm³/mol. The van der Waals surface area contributed by atoms with Crippen molar-refractivity contribution in [3.63, 3.8) is 0 Å². The number of hydrogen-bond donors (Lipinski definition) is 1. The van der Waals surface area contributed by atoms with Gasteiger partial charge in [0, 0.05) is 18.0 Å². The lowest BCUT2D eigenvalue weighted by molar-refractivity contribution is -0.175. The van der Waals surface area contributed by atoms with Crippen LogP contribution in [0, 0.1) is 6.92 Å². The second kappa shape index (κ2) is 9.09. The molecule has 9 heteroatoms. The zero-order valence-corrected chi connectivity index (χ0v) is 23.0. The fourth-order valence-electron chi connectivity index (χ4n) is 6.69. The van der Waals surface area contributed by atoms with Crippen molar-refractivity contribution in [3.8, 4) is 5.75 Å². The molecule has 0 radical (unpaired) electrons. The first-order chi connectivity index (χ1) is 17.8.